The van der Waals surface area contributed by atoms with Crippen molar-refractivity contribution in [2.45, 2.75) is 19.4 Å². The van der Waals surface area contributed by atoms with Crippen molar-refractivity contribution in [3.63, 3.8) is 0 Å². The maximum absolute atomic E-state index is 14.2. The van der Waals surface area contributed by atoms with E-state index < -0.39 is 0 Å². The third-order valence-corrected chi connectivity index (χ3v) is 3.42. The van der Waals surface area contributed by atoms with Crippen molar-refractivity contribution in [1.82, 2.24) is 15.3 Å². The van der Waals surface area contributed by atoms with Gasteiger partial charge in [-0.1, -0.05) is 19.1 Å². The molecule has 1 aromatic carbocycles. The molecule has 0 spiro atoms. The van der Waals surface area contributed by atoms with Crippen molar-refractivity contribution in [1.29, 1.82) is 0 Å². The van der Waals surface area contributed by atoms with Gasteiger partial charge in [0.2, 0.25) is 0 Å². The average Bonchev–Trinajstić information content (AvgIpc) is 2.45. The molecule has 0 saturated carbocycles. The van der Waals surface area contributed by atoms with Crippen molar-refractivity contribution in [2.24, 2.45) is 0 Å². The van der Waals surface area contributed by atoms with Crippen LogP contribution in [0.4, 0.5) is 4.39 Å². The molecule has 5 heteroatoms. The van der Waals surface area contributed by atoms with Crippen LogP contribution in [0.5, 0.6) is 0 Å². The summed E-state index contributed by atoms with van der Waals surface area (Å²) >= 11 is 3.22. The number of hydrogen-bond acceptors (Lipinski definition) is 3. The van der Waals surface area contributed by atoms with E-state index in [0.29, 0.717) is 10.0 Å². The summed E-state index contributed by atoms with van der Waals surface area (Å²) in [6.45, 7) is 2.87. The van der Waals surface area contributed by atoms with Gasteiger partial charge in [0.05, 0.1) is 10.5 Å². The smallest absolute Gasteiger partial charge is 0.142 e. The average molecular weight is 324 g/mol. The van der Waals surface area contributed by atoms with Crippen LogP contribution in [0.1, 0.15) is 30.5 Å². The van der Waals surface area contributed by atoms with Gasteiger partial charge in [0, 0.05) is 23.5 Å². The second-order valence-corrected chi connectivity index (χ2v) is 5.06. The summed E-state index contributed by atoms with van der Waals surface area (Å²) in [7, 11) is 0. The summed E-state index contributed by atoms with van der Waals surface area (Å²) in [6.07, 6.45) is 5.86. The van der Waals surface area contributed by atoms with Crippen molar-refractivity contribution in [2.75, 3.05) is 6.54 Å². The fourth-order valence-electron chi connectivity index (χ4n) is 1.90. The van der Waals surface area contributed by atoms with Gasteiger partial charge in [-0.2, -0.15) is 0 Å². The molecular formula is C14H15BrFN3. The fraction of sp³-hybridized carbons (Fsp3) is 0.286. The minimum absolute atomic E-state index is 0.237. The van der Waals surface area contributed by atoms with Gasteiger partial charge in [-0.3, -0.25) is 0 Å². The van der Waals surface area contributed by atoms with Crippen LogP contribution in [0, 0.1) is 5.82 Å². The quantitative estimate of drug-likeness (QED) is 0.915. The van der Waals surface area contributed by atoms with Gasteiger partial charge in [-0.15, -0.1) is 0 Å². The van der Waals surface area contributed by atoms with E-state index in [1.54, 1.807) is 24.5 Å². The molecule has 1 atom stereocenters. The molecule has 19 heavy (non-hydrogen) atoms. The van der Waals surface area contributed by atoms with Crippen LogP contribution in [0.25, 0.3) is 0 Å². The van der Waals surface area contributed by atoms with Crippen molar-refractivity contribution < 1.29 is 4.39 Å². The van der Waals surface area contributed by atoms with Crippen molar-refractivity contribution in [3.05, 3.63) is 58.3 Å². The van der Waals surface area contributed by atoms with Gasteiger partial charge >= 0.3 is 0 Å². The molecule has 0 aliphatic rings. The number of aromatic nitrogens is 2. The highest BCUT2D eigenvalue weighted by Crippen LogP contribution is 2.27. The third kappa shape index (κ3) is 3.36. The Morgan fingerprint density at radius 2 is 2.05 bits per heavy atom. The second kappa shape index (κ2) is 6.73. The SMILES string of the molecule is CCCNC(c1cncnc1)c1cccc(Br)c1F. The molecule has 0 bridgehead atoms. The summed E-state index contributed by atoms with van der Waals surface area (Å²) in [6, 6.07) is 5.06. The van der Waals surface area contributed by atoms with E-state index in [0.717, 1.165) is 18.5 Å². The summed E-state index contributed by atoms with van der Waals surface area (Å²) < 4.78 is 14.7. The molecule has 0 aliphatic heterocycles. The summed E-state index contributed by atoms with van der Waals surface area (Å²) in [4.78, 5) is 8.01. The Balaban J connectivity index is 2.40. The molecular weight excluding hydrogens is 309 g/mol. The molecule has 2 rings (SSSR count). The Morgan fingerprint density at radius 3 is 2.74 bits per heavy atom. The zero-order valence-corrected chi connectivity index (χ0v) is 12.2. The molecule has 100 valence electrons. The maximum Gasteiger partial charge on any atom is 0.142 e. The van der Waals surface area contributed by atoms with E-state index in [1.165, 1.54) is 6.33 Å². The van der Waals surface area contributed by atoms with E-state index in [2.05, 4.69) is 38.1 Å². The normalized spacial score (nSPS) is 12.4. The summed E-state index contributed by atoms with van der Waals surface area (Å²) in [5.74, 6) is -0.250. The minimum Gasteiger partial charge on any atom is -0.306 e. The van der Waals surface area contributed by atoms with Gasteiger partial charge in [-0.05, 0) is 35.0 Å². The van der Waals surface area contributed by atoms with Crippen LogP contribution in [0.2, 0.25) is 0 Å². The molecule has 0 aliphatic carbocycles. The van der Waals surface area contributed by atoms with Gasteiger partial charge in [0.1, 0.15) is 12.1 Å². The van der Waals surface area contributed by atoms with Gasteiger partial charge in [0.15, 0.2) is 0 Å². The monoisotopic (exact) mass is 323 g/mol. The van der Waals surface area contributed by atoms with Crippen LogP contribution in [0.3, 0.4) is 0 Å². The lowest BCUT2D eigenvalue weighted by Crippen LogP contribution is -2.24. The highest BCUT2D eigenvalue weighted by atomic mass is 79.9. The van der Waals surface area contributed by atoms with Crippen molar-refractivity contribution in [3.8, 4) is 0 Å². The second-order valence-electron chi connectivity index (χ2n) is 4.20. The first-order chi connectivity index (χ1) is 9.24. The molecule has 1 aromatic heterocycles. The van der Waals surface area contributed by atoms with Crippen molar-refractivity contribution >= 4 is 15.9 Å². The van der Waals surface area contributed by atoms with Gasteiger partial charge < -0.3 is 5.32 Å². The molecule has 0 fully saturated rings. The summed E-state index contributed by atoms with van der Waals surface area (Å²) in [5, 5.41) is 3.33. The zero-order valence-electron chi connectivity index (χ0n) is 10.6. The molecule has 1 heterocycles. The predicted molar refractivity (Wildman–Crippen MR) is 76.3 cm³/mol. The molecule has 0 radical (unpaired) electrons. The van der Waals surface area contributed by atoms with Crippen LogP contribution in [0.15, 0.2) is 41.4 Å². The Labute approximate surface area is 120 Å². The minimum atomic E-state index is -0.250. The number of nitrogens with zero attached hydrogens (tertiary/aromatic N) is 2. The Hall–Kier alpha value is -1.33. The van der Waals surface area contributed by atoms with Crippen LogP contribution in [-0.4, -0.2) is 16.5 Å². The first-order valence-corrected chi connectivity index (χ1v) is 6.95. The first-order valence-electron chi connectivity index (χ1n) is 6.16. The van der Waals surface area contributed by atoms with E-state index in [4.69, 9.17) is 0 Å². The standard InChI is InChI=1S/C14H15BrFN3/c1-2-6-19-14(10-7-17-9-18-8-10)11-4-3-5-12(15)13(11)16/h3-5,7-9,14,19H,2,6H2,1H3. The lowest BCUT2D eigenvalue weighted by molar-refractivity contribution is 0.541. The highest BCUT2D eigenvalue weighted by molar-refractivity contribution is 9.10. The van der Waals surface area contributed by atoms with Crippen LogP contribution in [-0.2, 0) is 0 Å². The van der Waals surface area contributed by atoms with Gasteiger partial charge in [0.25, 0.3) is 0 Å². The molecule has 1 N–H and O–H groups in total. The van der Waals surface area contributed by atoms with Crippen LogP contribution < -0.4 is 5.32 Å². The first kappa shape index (κ1) is 14.1. The van der Waals surface area contributed by atoms with Gasteiger partial charge in [-0.25, -0.2) is 14.4 Å². The molecule has 0 saturated heterocycles. The zero-order chi connectivity index (χ0) is 13.7. The largest absolute Gasteiger partial charge is 0.306 e. The molecule has 2 aromatic rings. The molecule has 0 amide bonds. The maximum atomic E-state index is 14.2. The van der Waals surface area contributed by atoms with E-state index >= 15 is 0 Å². The molecule has 3 nitrogen and oxygen atoms in total. The Bertz CT molecular complexity index is 533. The number of hydrogen-bond donors (Lipinski definition) is 1. The van der Waals surface area contributed by atoms with E-state index in [-0.39, 0.29) is 11.9 Å². The highest BCUT2D eigenvalue weighted by Gasteiger charge is 2.19. The number of nitrogens with one attached hydrogen (secondary N) is 1. The number of halogens is 2. The Morgan fingerprint density at radius 1 is 1.32 bits per heavy atom. The topological polar surface area (TPSA) is 37.8 Å². The third-order valence-electron chi connectivity index (χ3n) is 2.80. The lowest BCUT2D eigenvalue weighted by Gasteiger charge is -2.19. The Kier molecular flexibility index (Phi) is 4.99. The number of rotatable bonds is 5. The van der Waals surface area contributed by atoms with E-state index in [1.807, 2.05) is 6.07 Å². The summed E-state index contributed by atoms with van der Waals surface area (Å²) in [5.41, 5.74) is 1.45. The van der Waals surface area contributed by atoms with Crippen LogP contribution >= 0.6 is 15.9 Å². The number of benzene rings is 1. The lowest BCUT2D eigenvalue weighted by atomic mass is 10.0. The fourth-order valence-corrected chi connectivity index (χ4v) is 2.28. The predicted octanol–water partition coefficient (Wildman–Crippen LogP) is 3.47. The van der Waals surface area contributed by atoms with E-state index in [9.17, 15) is 4.39 Å². The molecule has 1 unspecified atom stereocenters.